The van der Waals surface area contributed by atoms with Crippen LogP contribution in [-0.4, -0.2) is 27.8 Å². The van der Waals surface area contributed by atoms with E-state index in [1.807, 2.05) is 102 Å². The van der Waals surface area contributed by atoms with Gasteiger partial charge in [-0.25, -0.2) is 0 Å². The molecular formula is C41H24F9NOS. The third kappa shape index (κ3) is 4.91. The van der Waals surface area contributed by atoms with Gasteiger partial charge in [0.25, 0.3) is 0 Å². The van der Waals surface area contributed by atoms with E-state index in [1.54, 1.807) is 42.5 Å². The van der Waals surface area contributed by atoms with Gasteiger partial charge >= 0.3 is 23.3 Å². The summed E-state index contributed by atoms with van der Waals surface area (Å²) in [5.74, 6) is -14.4. The lowest BCUT2D eigenvalue weighted by atomic mass is 9.67. The molecular weight excluding hydrogens is 726 g/mol. The summed E-state index contributed by atoms with van der Waals surface area (Å²) in [7, 11) is 0. The Hall–Kier alpha value is -5.36. The average Bonchev–Trinajstić information content (AvgIpc) is 3.65. The number of rotatable bonds is 8. The SMILES string of the molecule is FC(F)(F)C(F)(F)C(F)(F)C(F)(F)SOc1cc2c(c3c1c1ccccc1n3-c1ccccc1)-c1ccccc1C2(c1ccccc1)c1ccccc1. The van der Waals surface area contributed by atoms with Gasteiger partial charge in [-0.05, 0) is 52.1 Å². The Morgan fingerprint density at radius 1 is 0.547 bits per heavy atom. The van der Waals surface area contributed by atoms with Crippen LogP contribution < -0.4 is 4.18 Å². The first-order valence-electron chi connectivity index (χ1n) is 16.2. The minimum absolute atomic E-state index is 0.157. The molecule has 12 heteroatoms. The van der Waals surface area contributed by atoms with Gasteiger partial charge in [-0.15, -0.1) is 0 Å². The van der Waals surface area contributed by atoms with Crippen molar-refractivity contribution in [1.29, 1.82) is 0 Å². The van der Waals surface area contributed by atoms with Crippen molar-refractivity contribution in [2.75, 3.05) is 0 Å². The topological polar surface area (TPSA) is 14.2 Å². The zero-order valence-corrected chi connectivity index (χ0v) is 27.8. The van der Waals surface area contributed by atoms with Crippen molar-refractivity contribution in [3.8, 4) is 22.6 Å². The minimum atomic E-state index is -7.08. The number of halogens is 9. The highest BCUT2D eigenvalue weighted by Gasteiger charge is 2.82. The van der Waals surface area contributed by atoms with Crippen LogP contribution in [0.1, 0.15) is 22.3 Å². The van der Waals surface area contributed by atoms with Gasteiger partial charge in [0.1, 0.15) is 17.8 Å². The van der Waals surface area contributed by atoms with Gasteiger partial charge in [-0.3, -0.25) is 0 Å². The van der Waals surface area contributed by atoms with Crippen LogP contribution in [0, 0.1) is 0 Å². The highest BCUT2D eigenvalue weighted by molar-refractivity contribution is 7.96. The molecule has 1 heterocycles. The fourth-order valence-electron chi connectivity index (χ4n) is 7.46. The molecule has 268 valence electrons. The summed E-state index contributed by atoms with van der Waals surface area (Å²) in [4.78, 5) is 0. The molecule has 0 spiro atoms. The monoisotopic (exact) mass is 749 g/mol. The number of aromatic nitrogens is 1. The lowest BCUT2D eigenvalue weighted by molar-refractivity contribution is -0.381. The van der Waals surface area contributed by atoms with Gasteiger partial charge in [0.15, 0.2) is 0 Å². The standard InChI is InChI=1S/C41H24F9NOS/c42-38(43,40(46,47)48)39(44,45)41(49,50)53-52-33-24-31-34(36-35(33)29-21-11-13-23-32(29)51(36)27-18-8-3-9-19-27)28-20-10-12-22-30(28)37(31,25-14-4-1-5-15-25)26-16-6-2-7-17-26/h1-24H. The molecule has 0 saturated heterocycles. The van der Waals surface area contributed by atoms with Gasteiger partial charge in [0.05, 0.1) is 21.8 Å². The lowest BCUT2D eigenvalue weighted by Crippen LogP contribution is -2.59. The highest BCUT2D eigenvalue weighted by atomic mass is 32.2. The van der Waals surface area contributed by atoms with Gasteiger partial charge < -0.3 is 8.75 Å². The second-order valence-corrected chi connectivity index (χ2v) is 13.4. The Morgan fingerprint density at radius 2 is 1.08 bits per heavy atom. The molecule has 0 aliphatic heterocycles. The molecule has 0 atom stereocenters. The molecule has 0 amide bonds. The smallest absolute Gasteiger partial charge is 0.419 e. The van der Waals surface area contributed by atoms with E-state index in [4.69, 9.17) is 4.18 Å². The summed E-state index contributed by atoms with van der Waals surface area (Å²) in [5.41, 5.74) is 4.65. The Morgan fingerprint density at radius 3 is 1.68 bits per heavy atom. The molecule has 6 aromatic carbocycles. The van der Waals surface area contributed by atoms with Crippen LogP contribution in [0.5, 0.6) is 5.75 Å². The maximum Gasteiger partial charge on any atom is 0.460 e. The third-order valence-corrected chi connectivity index (χ3v) is 10.4. The first kappa shape index (κ1) is 34.7. The Balaban J connectivity index is 1.50. The van der Waals surface area contributed by atoms with Crippen molar-refractivity contribution in [2.24, 2.45) is 0 Å². The first-order chi connectivity index (χ1) is 25.2. The number of nitrogens with zero attached hydrogens (tertiary/aromatic N) is 1. The van der Waals surface area contributed by atoms with Crippen molar-refractivity contribution < 1.29 is 43.7 Å². The second-order valence-electron chi connectivity index (χ2n) is 12.6. The number of fused-ring (bicyclic) bond motifs is 7. The number of benzene rings is 6. The zero-order chi connectivity index (χ0) is 37.4. The van der Waals surface area contributed by atoms with Crippen LogP contribution in [0.4, 0.5) is 39.5 Å². The molecule has 1 aliphatic carbocycles. The van der Waals surface area contributed by atoms with Gasteiger partial charge in [0, 0.05) is 16.6 Å². The molecule has 0 bridgehead atoms. The van der Waals surface area contributed by atoms with E-state index < -0.39 is 46.5 Å². The van der Waals surface area contributed by atoms with Crippen molar-refractivity contribution in [3.63, 3.8) is 0 Å². The summed E-state index contributed by atoms with van der Waals surface area (Å²) in [5, 5.41) is -5.47. The Kier molecular flexibility index (Phi) is 7.92. The molecule has 0 N–H and O–H groups in total. The van der Waals surface area contributed by atoms with Gasteiger partial charge in [-0.1, -0.05) is 121 Å². The molecule has 0 saturated carbocycles. The minimum Gasteiger partial charge on any atom is -0.419 e. The summed E-state index contributed by atoms with van der Waals surface area (Å²) in [6.07, 6.45) is -6.97. The summed E-state index contributed by atoms with van der Waals surface area (Å²) in [6, 6.07) is 43.3. The maximum absolute atomic E-state index is 15.2. The zero-order valence-electron chi connectivity index (χ0n) is 27.0. The van der Waals surface area contributed by atoms with E-state index in [0.717, 1.165) is 22.3 Å². The Bertz CT molecular complexity index is 2440. The number of hydrogen-bond acceptors (Lipinski definition) is 2. The largest absolute Gasteiger partial charge is 0.460 e. The van der Waals surface area contributed by atoms with Crippen LogP contribution in [0.25, 0.3) is 38.6 Å². The maximum atomic E-state index is 15.2. The first-order valence-corrected chi connectivity index (χ1v) is 16.9. The van der Waals surface area contributed by atoms with Crippen molar-refractivity contribution in [1.82, 2.24) is 4.57 Å². The molecule has 53 heavy (non-hydrogen) atoms. The van der Waals surface area contributed by atoms with Crippen molar-refractivity contribution in [3.05, 3.63) is 168 Å². The number of alkyl halides is 9. The normalized spacial score (nSPS) is 14.4. The quantitative estimate of drug-likeness (QED) is 0.113. The van der Waals surface area contributed by atoms with E-state index in [1.165, 1.54) is 6.07 Å². The predicted molar refractivity (Wildman–Crippen MR) is 187 cm³/mol. The molecule has 8 rings (SSSR count). The van der Waals surface area contributed by atoms with E-state index >= 15 is 8.78 Å². The Labute approximate surface area is 300 Å². The van der Waals surface area contributed by atoms with Crippen LogP contribution in [-0.2, 0) is 5.41 Å². The fourth-order valence-corrected chi connectivity index (χ4v) is 8.02. The highest BCUT2D eigenvalue weighted by Crippen LogP contribution is 2.62. The van der Waals surface area contributed by atoms with E-state index in [0.29, 0.717) is 33.2 Å². The lowest BCUT2D eigenvalue weighted by Gasteiger charge is -2.34. The van der Waals surface area contributed by atoms with E-state index in [2.05, 4.69) is 0 Å². The molecule has 1 aliphatic rings. The molecule has 2 nitrogen and oxygen atoms in total. The number of hydrogen-bond donors (Lipinski definition) is 0. The molecule has 0 unspecified atom stereocenters. The fraction of sp³-hybridized carbons (Fsp3) is 0.122. The van der Waals surface area contributed by atoms with Crippen LogP contribution in [0.2, 0.25) is 0 Å². The number of para-hydroxylation sites is 2. The van der Waals surface area contributed by atoms with Crippen LogP contribution >= 0.6 is 12.0 Å². The predicted octanol–water partition coefficient (Wildman–Crippen LogP) is 12.6. The van der Waals surface area contributed by atoms with Gasteiger partial charge in [0.2, 0.25) is 0 Å². The molecule has 0 radical (unpaired) electrons. The van der Waals surface area contributed by atoms with Crippen molar-refractivity contribution in [2.45, 2.75) is 28.7 Å². The van der Waals surface area contributed by atoms with Gasteiger partial charge in [-0.2, -0.15) is 39.5 Å². The molecule has 0 fully saturated rings. The molecule has 1 aromatic heterocycles. The van der Waals surface area contributed by atoms with Crippen molar-refractivity contribution >= 4 is 33.8 Å². The van der Waals surface area contributed by atoms with Crippen LogP contribution in [0.15, 0.2) is 146 Å². The van der Waals surface area contributed by atoms with E-state index in [9.17, 15) is 30.7 Å². The second kappa shape index (κ2) is 12.1. The third-order valence-electron chi connectivity index (χ3n) is 9.69. The average molecular weight is 750 g/mol. The summed E-state index contributed by atoms with van der Waals surface area (Å²) >= 11 is -1.44. The van der Waals surface area contributed by atoms with E-state index in [-0.39, 0.29) is 5.39 Å². The summed E-state index contributed by atoms with van der Waals surface area (Å²) < 4.78 is 134. The summed E-state index contributed by atoms with van der Waals surface area (Å²) in [6.45, 7) is 0. The molecule has 7 aromatic rings. The van der Waals surface area contributed by atoms with Crippen LogP contribution in [0.3, 0.4) is 0 Å².